The predicted octanol–water partition coefficient (Wildman–Crippen LogP) is 4.08. The monoisotopic (exact) mass is 454 g/mol. The van der Waals surface area contributed by atoms with Crippen molar-refractivity contribution in [3.63, 3.8) is 0 Å². The molecule has 5 nitrogen and oxygen atoms in total. The summed E-state index contributed by atoms with van der Waals surface area (Å²) < 4.78 is 28.3. The summed E-state index contributed by atoms with van der Waals surface area (Å²) in [6, 6.07) is 20.7. The summed E-state index contributed by atoms with van der Waals surface area (Å²) in [5, 5.41) is 3.43. The van der Waals surface area contributed by atoms with Crippen molar-refractivity contribution < 1.29 is 13.2 Å². The van der Waals surface area contributed by atoms with Gasteiger partial charge in [0.1, 0.15) is 6.04 Å². The highest BCUT2D eigenvalue weighted by molar-refractivity contribution is 7.89. The van der Waals surface area contributed by atoms with E-state index in [1.165, 1.54) is 4.31 Å². The number of benzene rings is 3. The number of nitrogens with one attached hydrogen (secondary N) is 1. The van der Waals surface area contributed by atoms with E-state index in [-0.39, 0.29) is 23.9 Å². The number of fused-ring (bicyclic) bond motifs is 1. The molecule has 1 N–H and O–H groups in total. The number of halogens is 1. The predicted molar refractivity (Wildman–Crippen MR) is 121 cm³/mol. The second-order valence-electron chi connectivity index (χ2n) is 7.66. The highest BCUT2D eigenvalue weighted by Gasteiger charge is 2.39. The molecule has 0 saturated heterocycles. The molecule has 3 aromatic rings. The average Bonchev–Trinajstić information content (AvgIpc) is 2.77. The molecule has 1 amide bonds. The van der Waals surface area contributed by atoms with E-state index >= 15 is 0 Å². The van der Waals surface area contributed by atoms with E-state index in [0.29, 0.717) is 11.4 Å². The van der Waals surface area contributed by atoms with Crippen molar-refractivity contribution >= 4 is 27.5 Å². The van der Waals surface area contributed by atoms with Crippen LogP contribution in [-0.4, -0.2) is 24.7 Å². The molecule has 1 aliphatic rings. The molecule has 0 aliphatic carbocycles. The van der Waals surface area contributed by atoms with Gasteiger partial charge in [0.15, 0.2) is 0 Å². The smallest absolute Gasteiger partial charge is 0.244 e. The van der Waals surface area contributed by atoms with Crippen molar-refractivity contribution in [2.24, 2.45) is 0 Å². The van der Waals surface area contributed by atoms with Crippen LogP contribution in [0.15, 0.2) is 77.7 Å². The van der Waals surface area contributed by atoms with Crippen molar-refractivity contribution in [1.29, 1.82) is 0 Å². The molecular formula is C24H23ClN2O3S. The Balaban J connectivity index is 1.65. The fourth-order valence-corrected chi connectivity index (χ4v) is 5.53. The second-order valence-corrected chi connectivity index (χ2v) is 9.96. The number of nitrogens with zero attached hydrogens (tertiary/aromatic N) is 1. The van der Waals surface area contributed by atoms with Crippen molar-refractivity contribution in [1.82, 2.24) is 9.62 Å². The standard InChI is InChI=1S/C24H23ClN2O3S/c1-17-10-12-21(13-11-17)31(29,30)27-16-20-8-3-2-6-18(20)14-23(27)24(28)26-15-19-7-4-5-9-22(19)25/h2-13,23H,14-16H2,1H3,(H,26,28). The van der Waals surface area contributed by atoms with Crippen molar-refractivity contribution in [3.8, 4) is 0 Å². The van der Waals surface area contributed by atoms with Crippen LogP contribution >= 0.6 is 11.6 Å². The van der Waals surface area contributed by atoms with Gasteiger partial charge in [0.05, 0.1) is 4.90 Å². The van der Waals surface area contributed by atoms with E-state index in [9.17, 15) is 13.2 Å². The summed E-state index contributed by atoms with van der Waals surface area (Å²) in [6.45, 7) is 2.28. The minimum absolute atomic E-state index is 0.149. The van der Waals surface area contributed by atoms with Gasteiger partial charge >= 0.3 is 0 Å². The molecule has 3 aromatic carbocycles. The van der Waals surface area contributed by atoms with Gasteiger partial charge in [-0.25, -0.2) is 8.42 Å². The zero-order chi connectivity index (χ0) is 22.0. The summed E-state index contributed by atoms with van der Waals surface area (Å²) in [5.74, 6) is -0.342. The normalized spacial score (nSPS) is 16.5. The Morgan fingerprint density at radius 1 is 1.00 bits per heavy atom. The summed E-state index contributed by atoms with van der Waals surface area (Å²) in [6.07, 6.45) is 0.315. The Morgan fingerprint density at radius 2 is 1.65 bits per heavy atom. The minimum Gasteiger partial charge on any atom is -0.351 e. The third-order valence-corrected chi connectivity index (χ3v) is 7.78. The lowest BCUT2D eigenvalue weighted by atomic mass is 9.95. The fourth-order valence-electron chi connectivity index (χ4n) is 3.76. The Morgan fingerprint density at radius 3 is 2.35 bits per heavy atom. The molecule has 7 heteroatoms. The van der Waals surface area contributed by atoms with Gasteiger partial charge in [-0.1, -0.05) is 71.8 Å². The average molecular weight is 455 g/mol. The number of amides is 1. The maximum Gasteiger partial charge on any atom is 0.244 e. The summed E-state index contributed by atoms with van der Waals surface area (Å²) in [7, 11) is -3.86. The maximum atomic E-state index is 13.5. The zero-order valence-corrected chi connectivity index (χ0v) is 18.7. The molecule has 160 valence electrons. The van der Waals surface area contributed by atoms with Gasteiger partial charge in [-0.05, 0) is 48.2 Å². The van der Waals surface area contributed by atoms with Crippen molar-refractivity contribution in [2.75, 3.05) is 0 Å². The van der Waals surface area contributed by atoms with Gasteiger partial charge in [0.2, 0.25) is 15.9 Å². The molecule has 0 spiro atoms. The number of hydrogen-bond donors (Lipinski definition) is 1. The highest BCUT2D eigenvalue weighted by Crippen LogP contribution is 2.29. The van der Waals surface area contributed by atoms with Gasteiger partial charge in [0, 0.05) is 18.1 Å². The number of rotatable bonds is 5. The molecule has 0 saturated carbocycles. The first-order valence-corrected chi connectivity index (χ1v) is 11.8. The Labute approximate surface area is 187 Å². The van der Waals surface area contributed by atoms with Crippen LogP contribution in [0.25, 0.3) is 0 Å². The van der Waals surface area contributed by atoms with Gasteiger partial charge in [0.25, 0.3) is 0 Å². The van der Waals surface area contributed by atoms with E-state index in [1.807, 2.05) is 49.4 Å². The van der Waals surface area contributed by atoms with Gasteiger partial charge in [-0.15, -0.1) is 0 Å². The van der Waals surface area contributed by atoms with E-state index in [2.05, 4.69) is 5.32 Å². The Bertz CT molecular complexity index is 1210. The molecule has 1 aliphatic heterocycles. The van der Waals surface area contributed by atoms with Crippen molar-refractivity contribution in [3.05, 3.63) is 100 Å². The van der Waals surface area contributed by atoms with Crippen LogP contribution in [-0.2, 0) is 34.3 Å². The largest absolute Gasteiger partial charge is 0.351 e. The van der Waals surface area contributed by atoms with Crippen LogP contribution in [0.3, 0.4) is 0 Å². The van der Waals surface area contributed by atoms with Gasteiger partial charge in [-0.2, -0.15) is 4.31 Å². The molecule has 0 fully saturated rings. The van der Waals surface area contributed by atoms with Crippen LogP contribution in [0.4, 0.5) is 0 Å². The lowest BCUT2D eigenvalue weighted by Gasteiger charge is -2.35. The summed E-state index contributed by atoms with van der Waals surface area (Å²) in [5.41, 5.74) is 3.64. The quantitative estimate of drug-likeness (QED) is 0.631. The zero-order valence-electron chi connectivity index (χ0n) is 17.1. The molecule has 4 rings (SSSR count). The van der Waals surface area contributed by atoms with E-state index in [1.54, 1.807) is 30.3 Å². The van der Waals surface area contributed by atoms with E-state index in [4.69, 9.17) is 11.6 Å². The SMILES string of the molecule is Cc1ccc(S(=O)(=O)N2Cc3ccccc3CC2C(=O)NCc2ccccc2Cl)cc1. The van der Waals surface area contributed by atoms with Crippen LogP contribution < -0.4 is 5.32 Å². The number of hydrogen-bond acceptors (Lipinski definition) is 3. The topological polar surface area (TPSA) is 66.5 Å². The van der Waals surface area contributed by atoms with Crippen LogP contribution in [0.2, 0.25) is 5.02 Å². The molecule has 31 heavy (non-hydrogen) atoms. The summed E-state index contributed by atoms with van der Waals surface area (Å²) >= 11 is 6.20. The first-order valence-electron chi connectivity index (χ1n) is 10.0. The first-order chi connectivity index (χ1) is 14.9. The summed E-state index contributed by atoms with van der Waals surface area (Å²) in [4.78, 5) is 13.4. The Kier molecular flexibility index (Phi) is 6.14. The molecule has 1 unspecified atom stereocenters. The Hall–Kier alpha value is -2.67. The van der Waals surface area contributed by atoms with Crippen LogP contribution in [0.5, 0.6) is 0 Å². The van der Waals surface area contributed by atoms with E-state index in [0.717, 1.165) is 22.3 Å². The maximum absolute atomic E-state index is 13.5. The third kappa shape index (κ3) is 4.51. The molecule has 0 aromatic heterocycles. The first kappa shape index (κ1) is 21.6. The van der Waals surface area contributed by atoms with Gasteiger partial charge < -0.3 is 5.32 Å². The number of aryl methyl sites for hydroxylation is 1. The van der Waals surface area contributed by atoms with E-state index < -0.39 is 16.1 Å². The molecule has 0 radical (unpaired) electrons. The lowest BCUT2D eigenvalue weighted by Crippen LogP contribution is -2.52. The number of sulfonamides is 1. The van der Waals surface area contributed by atoms with Crippen LogP contribution in [0, 0.1) is 6.92 Å². The minimum atomic E-state index is -3.86. The molecular weight excluding hydrogens is 432 g/mol. The second kappa shape index (κ2) is 8.83. The lowest BCUT2D eigenvalue weighted by molar-refractivity contribution is -0.125. The van der Waals surface area contributed by atoms with Crippen molar-refractivity contribution in [2.45, 2.75) is 37.4 Å². The molecule has 1 atom stereocenters. The number of carbonyl (C=O) groups is 1. The molecule has 0 bridgehead atoms. The fraction of sp³-hybridized carbons (Fsp3) is 0.208. The number of carbonyl (C=O) groups excluding carboxylic acids is 1. The highest BCUT2D eigenvalue weighted by atomic mass is 35.5. The van der Waals surface area contributed by atoms with Crippen LogP contribution in [0.1, 0.15) is 22.3 Å². The third-order valence-electron chi connectivity index (χ3n) is 5.55. The van der Waals surface area contributed by atoms with Gasteiger partial charge in [-0.3, -0.25) is 4.79 Å². The molecule has 1 heterocycles.